The van der Waals surface area contributed by atoms with Crippen LogP contribution < -0.4 is 20.3 Å². The molecule has 8 nitrogen and oxygen atoms in total. The highest BCUT2D eigenvalue weighted by Gasteiger charge is 2.14. The van der Waals surface area contributed by atoms with E-state index in [0.29, 0.717) is 36.2 Å². The Balaban J connectivity index is 1.19. The van der Waals surface area contributed by atoms with Crippen molar-refractivity contribution in [2.24, 2.45) is 0 Å². The maximum absolute atomic E-state index is 12.7. The minimum Gasteiger partial charge on any atom is -0.457 e. The molecule has 2 heterocycles. The molecule has 5 rings (SSSR count). The van der Waals surface area contributed by atoms with Crippen LogP contribution in [0.1, 0.15) is 16.1 Å². The quantitative estimate of drug-likeness (QED) is 0.365. The first-order valence-corrected chi connectivity index (χ1v) is 11.8. The molecule has 2 N–H and O–H groups in total. The molecule has 1 amide bonds. The number of amides is 1. The van der Waals surface area contributed by atoms with Gasteiger partial charge in [0.05, 0.1) is 13.2 Å². The third kappa shape index (κ3) is 5.97. The topological polar surface area (TPSA) is 88.6 Å². The number of carbonyl (C=O) groups is 1. The van der Waals surface area contributed by atoms with Crippen LogP contribution in [0, 0.1) is 6.92 Å². The molecule has 0 bridgehead atoms. The molecule has 0 spiro atoms. The van der Waals surface area contributed by atoms with E-state index in [0.717, 1.165) is 36.0 Å². The van der Waals surface area contributed by atoms with Crippen molar-refractivity contribution < 1.29 is 14.3 Å². The highest BCUT2D eigenvalue weighted by molar-refractivity contribution is 6.04. The average molecular weight is 482 g/mol. The Labute approximate surface area is 209 Å². The lowest BCUT2D eigenvalue weighted by molar-refractivity contribution is 0.102. The number of morpholine rings is 1. The van der Waals surface area contributed by atoms with Crippen LogP contribution in [0.15, 0.2) is 84.9 Å². The van der Waals surface area contributed by atoms with E-state index < -0.39 is 0 Å². The second-order valence-electron chi connectivity index (χ2n) is 8.39. The van der Waals surface area contributed by atoms with Gasteiger partial charge in [-0.15, -0.1) is 0 Å². The van der Waals surface area contributed by atoms with Gasteiger partial charge < -0.3 is 25.0 Å². The number of benzene rings is 3. The summed E-state index contributed by atoms with van der Waals surface area (Å²) in [7, 11) is 0. The summed E-state index contributed by atoms with van der Waals surface area (Å²) < 4.78 is 11.2. The van der Waals surface area contributed by atoms with Crippen LogP contribution in [-0.2, 0) is 4.74 Å². The van der Waals surface area contributed by atoms with Crippen molar-refractivity contribution in [1.82, 2.24) is 9.97 Å². The SMILES string of the molecule is Cc1cc(N2CCOCC2)nc(Nc2ccc(NC(=O)c3ccc(Oc4ccccc4)cc3)cc2)n1. The second kappa shape index (κ2) is 10.9. The molecule has 0 atom stereocenters. The molecule has 0 saturated carbocycles. The van der Waals surface area contributed by atoms with Crippen LogP contribution in [0.3, 0.4) is 0 Å². The number of rotatable bonds is 7. The van der Waals surface area contributed by atoms with Gasteiger partial charge in [0.2, 0.25) is 5.95 Å². The van der Waals surface area contributed by atoms with E-state index >= 15 is 0 Å². The number of para-hydroxylation sites is 1. The smallest absolute Gasteiger partial charge is 0.255 e. The number of carbonyl (C=O) groups excluding carboxylic acids is 1. The number of ether oxygens (including phenoxy) is 2. The predicted octanol–water partition coefficient (Wildman–Crippen LogP) is 5.41. The van der Waals surface area contributed by atoms with Crippen LogP contribution in [0.4, 0.5) is 23.1 Å². The van der Waals surface area contributed by atoms with E-state index in [1.807, 2.05) is 67.6 Å². The molecule has 36 heavy (non-hydrogen) atoms. The van der Waals surface area contributed by atoms with Crippen LogP contribution in [0.25, 0.3) is 0 Å². The Bertz CT molecular complexity index is 1310. The number of hydrogen-bond acceptors (Lipinski definition) is 7. The van der Waals surface area contributed by atoms with Crippen molar-refractivity contribution >= 4 is 29.0 Å². The van der Waals surface area contributed by atoms with Gasteiger partial charge in [0.1, 0.15) is 17.3 Å². The number of aromatic nitrogens is 2. The standard InChI is InChI=1S/C28H27N5O3/c1-20-19-26(33-15-17-35-18-16-33)32-28(29-20)31-23-11-9-22(10-12-23)30-27(34)21-7-13-25(14-8-21)36-24-5-3-2-4-6-24/h2-14,19H,15-18H2,1H3,(H,30,34)(H,29,31,32). The van der Waals surface area contributed by atoms with Crippen molar-refractivity contribution in [1.29, 1.82) is 0 Å². The van der Waals surface area contributed by atoms with Gasteiger partial charge in [0, 0.05) is 41.8 Å². The van der Waals surface area contributed by atoms with Gasteiger partial charge >= 0.3 is 0 Å². The summed E-state index contributed by atoms with van der Waals surface area (Å²) >= 11 is 0. The van der Waals surface area contributed by atoms with Crippen LogP contribution in [-0.4, -0.2) is 42.2 Å². The largest absolute Gasteiger partial charge is 0.457 e. The number of nitrogens with zero attached hydrogens (tertiary/aromatic N) is 3. The number of nitrogens with one attached hydrogen (secondary N) is 2. The van der Waals surface area contributed by atoms with Gasteiger partial charge in [-0.1, -0.05) is 18.2 Å². The fraction of sp³-hybridized carbons (Fsp3) is 0.179. The third-order valence-corrected chi connectivity index (χ3v) is 5.67. The van der Waals surface area contributed by atoms with E-state index in [9.17, 15) is 4.79 Å². The summed E-state index contributed by atoms with van der Waals surface area (Å²) in [6, 6.07) is 26.0. The Morgan fingerprint density at radius 3 is 2.25 bits per heavy atom. The van der Waals surface area contributed by atoms with Crippen LogP contribution in [0.5, 0.6) is 11.5 Å². The zero-order chi connectivity index (χ0) is 24.7. The van der Waals surface area contributed by atoms with Gasteiger partial charge in [-0.25, -0.2) is 4.98 Å². The van der Waals surface area contributed by atoms with Crippen molar-refractivity contribution in [2.75, 3.05) is 41.8 Å². The first kappa shape index (κ1) is 23.3. The predicted molar refractivity (Wildman–Crippen MR) is 140 cm³/mol. The maximum Gasteiger partial charge on any atom is 0.255 e. The van der Waals surface area contributed by atoms with E-state index in [4.69, 9.17) is 9.47 Å². The van der Waals surface area contributed by atoms with Gasteiger partial charge in [-0.2, -0.15) is 4.98 Å². The Morgan fingerprint density at radius 1 is 0.861 bits per heavy atom. The molecule has 1 aromatic heterocycles. The monoisotopic (exact) mass is 481 g/mol. The fourth-order valence-corrected chi connectivity index (χ4v) is 3.83. The lowest BCUT2D eigenvalue weighted by atomic mass is 10.2. The van der Waals surface area contributed by atoms with E-state index in [-0.39, 0.29) is 5.91 Å². The van der Waals surface area contributed by atoms with E-state index in [1.165, 1.54) is 0 Å². The van der Waals surface area contributed by atoms with Crippen molar-refractivity contribution in [3.8, 4) is 11.5 Å². The molecule has 1 aliphatic heterocycles. The molecule has 0 unspecified atom stereocenters. The highest BCUT2D eigenvalue weighted by Crippen LogP contribution is 2.23. The number of anilines is 4. The van der Waals surface area contributed by atoms with Gasteiger partial charge in [0.25, 0.3) is 5.91 Å². The molecule has 1 fully saturated rings. The van der Waals surface area contributed by atoms with Gasteiger partial charge in [-0.05, 0) is 67.6 Å². The van der Waals surface area contributed by atoms with Gasteiger partial charge in [-0.3, -0.25) is 4.79 Å². The van der Waals surface area contributed by atoms with Crippen molar-refractivity contribution in [3.05, 3.63) is 96.2 Å². The summed E-state index contributed by atoms with van der Waals surface area (Å²) in [5.74, 6) is 2.64. The number of hydrogen-bond donors (Lipinski definition) is 2. The van der Waals surface area contributed by atoms with E-state index in [2.05, 4.69) is 25.5 Å². The minimum absolute atomic E-state index is 0.195. The average Bonchev–Trinajstić information content (AvgIpc) is 2.91. The van der Waals surface area contributed by atoms with Crippen LogP contribution >= 0.6 is 0 Å². The highest BCUT2D eigenvalue weighted by atomic mass is 16.5. The zero-order valence-corrected chi connectivity index (χ0v) is 20.0. The Kier molecular flexibility index (Phi) is 7.05. The Morgan fingerprint density at radius 2 is 1.53 bits per heavy atom. The molecular formula is C28H27N5O3. The van der Waals surface area contributed by atoms with Crippen LogP contribution in [0.2, 0.25) is 0 Å². The lowest BCUT2D eigenvalue weighted by Crippen LogP contribution is -2.36. The summed E-state index contributed by atoms with van der Waals surface area (Å²) in [6.07, 6.45) is 0. The lowest BCUT2D eigenvalue weighted by Gasteiger charge is -2.28. The minimum atomic E-state index is -0.195. The summed E-state index contributed by atoms with van der Waals surface area (Å²) in [5, 5.41) is 6.18. The summed E-state index contributed by atoms with van der Waals surface area (Å²) in [4.78, 5) is 24.1. The third-order valence-electron chi connectivity index (χ3n) is 5.67. The van der Waals surface area contributed by atoms with E-state index in [1.54, 1.807) is 24.3 Å². The normalized spacial score (nSPS) is 13.2. The summed E-state index contributed by atoms with van der Waals surface area (Å²) in [6.45, 7) is 4.98. The first-order chi connectivity index (χ1) is 17.6. The number of aryl methyl sites for hydroxylation is 1. The molecule has 182 valence electrons. The van der Waals surface area contributed by atoms with Gasteiger partial charge in [0.15, 0.2) is 0 Å². The van der Waals surface area contributed by atoms with Crippen molar-refractivity contribution in [3.63, 3.8) is 0 Å². The second-order valence-corrected chi connectivity index (χ2v) is 8.39. The molecular weight excluding hydrogens is 454 g/mol. The fourth-order valence-electron chi connectivity index (χ4n) is 3.83. The molecule has 4 aromatic rings. The first-order valence-electron chi connectivity index (χ1n) is 11.8. The Hall–Kier alpha value is -4.43. The molecule has 3 aromatic carbocycles. The summed E-state index contributed by atoms with van der Waals surface area (Å²) in [5.41, 5.74) is 2.95. The molecule has 1 aliphatic rings. The van der Waals surface area contributed by atoms with Crippen molar-refractivity contribution in [2.45, 2.75) is 6.92 Å². The molecule has 0 radical (unpaired) electrons. The molecule has 0 aliphatic carbocycles. The molecule has 1 saturated heterocycles. The molecule has 8 heteroatoms. The zero-order valence-electron chi connectivity index (χ0n) is 20.0. The maximum atomic E-state index is 12.7.